The summed E-state index contributed by atoms with van der Waals surface area (Å²) in [5.74, 6) is -3.10. The summed E-state index contributed by atoms with van der Waals surface area (Å²) in [6.07, 6.45) is -4.58. The van der Waals surface area contributed by atoms with Gasteiger partial charge in [-0.1, -0.05) is 16.3 Å². The van der Waals surface area contributed by atoms with Crippen molar-refractivity contribution in [3.05, 3.63) is 0 Å². The molecule has 3 unspecified atom stereocenters. The van der Waals surface area contributed by atoms with Crippen LogP contribution in [0.15, 0.2) is 0 Å². The molecule has 116 valence electrons. The second-order valence-electron chi connectivity index (χ2n) is 4.64. The molecule has 0 aromatic rings. The van der Waals surface area contributed by atoms with Crippen molar-refractivity contribution in [3.8, 4) is 0 Å². The second-order valence-corrected chi connectivity index (χ2v) is 5.30. The molecule has 1 N–H and O–H groups in total. The third-order valence-electron chi connectivity index (χ3n) is 3.24. The van der Waals surface area contributed by atoms with Gasteiger partial charge in [0.15, 0.2) is 0 Å². The Morgan fingerprint density at radius 3 is 2.60 bits per heavy atom. The van der Waals surface area contributed by atoms with Crippen LogP contribution >= 0.6 is 9.39 Å². The summed E-state index contributed by atoms with van der Waals surface area (Å²) in [6.45, 7) is 3.91. The first kappa shape index (κ1) is 17.2. The Morgan fingerprint density at radius 1 is 1.50 bits per heavy atom. The van der Waals surface area contributed by atoms with Gasteiger partial charge in [0, 0.05) is 18.6 Å². The number of ether oxygens (including phenoxy) is 1. The Kier molecular flexibility index (Phi) is 5.77. The van der Waals surface area contributed by atoms with Gasteiger partial charge >= 0.3 is 18.1 Å². The van der Waals surface area contributed by atoms with Gasteiger partial charge in [-0.15, -0.1) is 0 Å². The van der Waals surface area contributed by atoms with E-state index >= 15 is 0 Å². The van der Waals surface area contributed by atoms with E-state index in [4.69, 9.17) is 4.74 Å². The topological polar surface area (TPSA) is 58.6 Å². The number of esters is 1. The Hall–Kier alpha value is -0.880. The quantitative estimate of drug-likeness (QED) is 0.623. The van der Waals surface area contributed by atoms with Crippen molar-refractivity contribution in [2.75, 3.05) is 13.2 Å². The predicted molar refractivity (Wildman–Crippen MR) is 68.6 cm³/mol. The van der Waals surface area contributed by atoms with Crippen LogP contribution in [0.3, 0.4) is 0 Å². The minimum Gasteiger partial charge on any atom is -0.466 e. The lowest BCUT2D eigenvalue weighted by Crippen LogP contribution is -2.51. The Bertz CT molecular complexity index is 378. The standard InChI is InChI=1S/C11H18F3N2O3P/c1-3-19-9(17)6(2)8-7(4-5-16(8)20)15-10(18)11(12,13)14/h6-8H,3-5,20H2,1-2H3,(H,15,18)/t6-,7?,8?/m1/s1. The number of nitrogens with zero attached hydrogens (tertiary/aromatic N) is 1. The monoisotopic (exact) mass is 314 g/mol. The molecule has 0 spiro atoms. The molecule has 5 nitrogen and oxygen atoms in total. The van der Waals surface area contributed by atoms with Crippen LogP contribution in [0, 0.1) is 5.92 Å². The van der Waals surface area contributed by atoms with Crippen molar-refractivity contribution < 1.29 is 27.5 Å². The zero-order valence-electron chi connectivity index (χ0n) is 11.2. The van der Waals surface area contributed by atoms with E-state index in [1.807, 2.05) is 5.32 Å². The third-order valence-corrected chi connectivity index (χ3v) is 3.84. The first-order valence-electron chi connectivity index (χ1n) is 6.24. The summed E-state index contributed by atoms with van der Waals surface area (Å²) in [5, 5.41) is 1.95. The maximum Gasteiger partial charge on any atom is 0.471 e. The molecule has 9 heteroatoms. The van der Waals surface area contributed by atoms with Gasteiger partial charge in [0.25, 0.3) is 0 Å². The fraction of sp³-hybridized carbons (Fsp3) is 0.818. The molecule has 0 bridgehead atoms. The first-order valence-corrected chi connectivity index (χ1v) is 6.75. The molecule has 1 rings (SSSR count). The van der Waals surface area contributed by atoms with Crippen molar-refractivity contribution in [1.29, 1.82) is 0 Å². The van der Waals surface area contributed by atoms with Crippen LogP contribution in [0.1, 0.15) is 20.3 Å². The van der Waals surface area contributed by atoms with E-state index in [1.165, 1.54) is 0 Å². The molecule has 0 aromatic carbocycles. The summed E-state index contributed by atoms with van der Waals surface area (Å²) < 4.78 is 43.4. The molecule has 0 saturated carbocycles. The zero-order chi connectivity index (χ0) is 15.5. The molecule has 1 fully saturated rings. The van der Waals surface area contributed by atoms with E-state index in [9.17, 15) is 22.8 Å². The SMILES string of the molecule is CCOC(=O)[C@H](C)C1C(NC(=O)C(F)(F)F)CCN1P. The minimum atomic E-state index is -4.92. The average molecular weight is 314 g/mol. The van der Waals surface area contributed by atoms with Gasteiger partial charge in [-0.25, -0.2) is 0 Å². The van der Waals surface area contributed by atoms with E-state index in [-0.39, 0.29) is 6.61 Å². The smallest absolute Gasteiger partial charge is 0.466 e. The van der Waals surface area contributed by atoms with Crippen molar-refractivity contribution in [2.45, 2.75) is 38.5 Å². The van der Waals surface area contributed by atoms with Gasteiger partial charge in [-0.3, -0.25) is 14.3 Å². The molecule has 0 aromatic heterocycles. The Balaban J connectivity index is 2.76. The number of rotatable bonds is 4. The number of nitrogens with one attached hydrogen (secondary N) is 1. The molecule has 0 radical (unpaired) electrons. The molecular formula is C11H18F3N2O3P. The van der Waals surface area contributed by atoms with Crippen LogP contribution in [0.25, 0.3) is 0 Å². The fourth-order valence-corrected chi connectivity index (χ4v) is 2.91. The highest BCUT2D eigenvalue weighted by molar-refractivity contribution is 7.13. The lowest BCUT2D eigenvalue weighted by molar-refractivity contribution is -0.174. The Labute approximate surface area is 117 Å². The third kappa shape index (κ3) is 4.06. The van der Waals surface area contributed by atoms with Crippen molar-refractivity contribution in [2.24, 2.45) is 5.92 Å². The second kappa shape index (κ2) is 6.72. The van der Waals surface area contributed by atoms with Gasteiger partial charge in [-0.05, 0) is 13.3 Å². The molecule has 1 heterocycles. The highest BCUT2D eigenvalue weighted by Crippen LogP contribution is 2.29. The predicted octanol–water partition coefficient (Wildman–Crippen LogP) is 1.10. The van der Waals surface area contributed by atoms with Gasteiger partial charge in [0.2, 0.25) is 0 Å². The fourth-order valence-electron chi connectivity index (χ4n) is 2.30. The van der Waals surface area contributed by atoms with E-state index in [0.29, 0.717) is 13.0 Å². The number of hydrogen-bond donors (Lipinski definition) is 1. The normalized spacial score (nSPS) is 25.3. The van der Waals surface area contributed by atoms with Crippen LogP contribution in [-0.4, -0.2) is 48.0 Å². The van der Waals surface area contributed by atoms with Gasteiger partial charge in [0.05, 0.1) is 12.5 Å². The maximum absolute atomic E-state index is 12.3. The highest BCUT2D eigenvalue weighted by Gasteiger charge is 2.45. The van der Waals surface area contributed by atoms with Gasteiger partial charge in [0.1, 0.15) is 0 Å². The summed E-state index contributed by atoms with van der Waals surface area (Å²) in [7, 11) is 2.37. The van der Waals surface area contributed by atoms with E-state index in [1.54, 1.807) is 18.5 Å². The molecule has 1 aliphatic heterocycles. The summed E-state index contributed by atoms with van der Waals surface area (Å²) in [5.41, 5.74) is 0. The number of alkyl halides is 3. The van der Waals surface area contributed by atoms with Crippen LogP contribution in [0.2, 0.25) is 0 Å². The van der Waals surface area contributed by atoms with E-state index in [2.05, 4.69) is 9.39 Å². The summed E-state index contributed by atoms with van der Waals surface area (Å²) in [4.78, 5) is 22.7. The number of hydrogen-bond acceptors (Lipinski definition) is 4. The molecule has 0 aliphatic carbocycles. The summed E-state index contributed by atoms with van der Waals surface area (Å²) >= 11 is 0. The highest BCUT2D eigenvalue weighted by atomic mass is 31.0. The van der Waals surface area contributed by atoms with Gasteiger partial charge in [-0.2, -0.15) is 13.2 Å². The van der Waals surface area contributed by atoms with Gasteiger partial charge < -0.3 is 10.1 Å². The number of carbonyl (C=O) groups is 2. The minimum absolute atomic E-state index is 0.201. The average Bonchev–Trinajstić information content (AvgIpc) is 2.68. The lowest BCUT2D eigenvalue weighted by atomic mass is 9.96. The molecule has 1 amide bonds. The molecule has 20 heavy (non-hydrogen) atoms. The van der Waals surface area contributed by atoms with Crippen LogP contribution in [0.4, 0.5) is 13.2 Å². The van der Waals surface area contributed by atoms with Crippen molar-refractivity contribution in [1.82, 2.24) is 9.99 Å². The van der Waals surface area contributed by atoms with Crippen molar-refractivity contribution in [3.63, 3.8) is 0 Å². The van der Waals surface area contributed by atoms with Crippen LogP contribution in [-0.2, 0) is 14.3 Å². The molecule has 1 saturated heterocycles. The molecule has 4 atom stereocenters. The zero-order valence-corrected chi connectivity index (χ0v) is 12.4. The van der Waals surface area contributed by atoms with E-state index in [0.717, 1.165) is 0 Å². The Morgan fingerprint density at radius 2 is 2.10 bits per heavy atom. The lowest BCUT2D eigenvalue weighted by Gasteiger charge is -2.29. The van der Waals surface area contributed by atoms with E-state index < -0.39 is 36.1 Å². The number of amides is 1. The first-order chi connectivity index (χ1) is 9.18. The summed E-state index contributed by atoms with van der Waals surface area (Å²) in [6, 6.07) is -1.27. The van der Waals surface area contributed by atoms with Crippen molar-refractivity contribution >= 4 is 21.3 Å². The van der Waals surface area contributed by atoms with Crippen LogP contribution < -0.4 is 5.32 Å². The molecule has 1 aliphatic rings. The number of carbonyl (C=O) groups excluding carboxylic acids is 2. The largest absolute Gasteiger partial charge is 0.471 e. The molecular weight excluding hydrogens is 296 g/mol. The van der Waals surface area contributed by atoms with Crippen LogP contribution in [0.5, 0.6) is 0 Å². The number of halogens is 3. The maximum atomic E-state index is 12.3.